The molecule has 1 aliphatic heterocycles. The van der Waals surface area contributed by atoms with E-state index < -0.39 is 23.6 Å². The number of amides is 1. The number of aromatic nitrogens is 2. The SMILES string of the molecule is CCOC(=O)c1cnn2c1C(=O)N(c1ccc(C(F)(F)F)cc1)CC2. The van der Waals surface area contributed by atoms with Crippen LogP contribution in [0.15, 0.2) is 30.5 Å². The van der Waals surface area contributed by atoms with Crippen molar-refractivity contribution in [3.05, 3.63) is 47.3 Å². The Bertz CT molecular complexity index is 812. The molecule has 0 spiro atoms. The van der Waals surface area contributed by atoms with Crippen LogP contribution in [-0.2, 0) is 17.5 Å². The Hall–Kier alpha value is -2.84. The molecule has 0 radical (unpaired) electrons. The Labute approximate surface area is 140 Å². The lowest BCUT2D eigenvalue weighted by Crippen LogP contribution is -2.41. The van der Waals surface area contributed by atoms with Gasteiger partial charge in [0.1, 0.15) is 11.3 Å². The highest BCUT2D eigenvalue weighted by Crippen LogP contribution is 2.31. The van der Waals surface area contributed by atoms with Crippen molar-refractivity contribution in [2.45, 2.75) is 19.6 Å². The van der Waals surface area contributed by atoms with Crippen LogP contribution in [-0.4, -0.2) is 34.8 Å². The number of esters is 1. The zero-order chi connectivity index (χ0) is 18.2. The summed E-state index contributed by atoms with van der Waals surface area (Å²) in [6, 6.07) is 4.30. The van der Waals surface area contributed by atoms with Crippen LogP contribution >= 0.6 is 0 Å². The first-order valence-corrected chi connectivity index (χ1v) is 7.55. The quantitative estimate of drug-likeness (QED) is 0.796. The minimum absolute atomic E-state index is 0.0449. The second-order valence-corrected chi connectivity index (χ2v) is 5.35. The summed E-state index contributed by atoms with van der Waals surface area (Å²) in [6.45, 7) is 2.35. The van der Waals surface area contributed by atoms with E-state index in [9.17, 15) is 22.8 Å². The smallest absolute Gasteiger partial charge is 0.416 e. The molecule has 0 saturated carbocycles. The Kier molecular flexibility index (Phi) is 4.23. The number of hydrogen-bond acceptors (Lipinski definition) is 4. The van der Waals surface area contributed by atoms with E-state index in [1.165, 1.54) is 27.9 Å². The maximum atomic E-state index is 12.7. The predicted molar refractivity (Wildman–Crippen MR) is 81.3 cm³/mol. The highest BCUT2D eigenvalue weighted by molar-refractivity contribution is 6.11. The summed E-state index contributed by atoms with van der Waals surface area (Å²) < 4.78 is 44.3. The molecule has 0 N–H and O–H groups in total. The normalized spacial score (nSPS) is 14.4. The van der Waals surface area contributed by atoms with Crippen molar-refractivity contribution in [3.8, 4) is 0 Å². The van der Waals surface area contributed by atoms with Crippen molar-refractivity contribution in [1.29, 1.82) is 0 Å². The second kappa shape index (κ2) is 6.23. The third-order valence-electron chi connectivity index (χ3n) is 3.82. The lowest BCUT2D eigenvalue weighted by Gasteiger charge is -2.28. The average Bonchev–Trinajstić information content (AvgIpc) is 3.00. The van der Waals surface area contributed by atoms with E-state index in [0.717, 1.165) is 12.1 Å². The van der Waals surface area contributed by atoms with Gasteiger partial charge in [-0.1, -0.05) is 0 Å². The fourth-order valence-corrected chi connectivity index (χ4v) is 2.64. The summed E-state index contributed by atoms with van der Waals surface area (Å²) in [5.41, 5.74) is -0.355. The molecule has 0 atom stereocenters. The molecule has 9 heteroatoms. The largest absolute Gasteiger partial charge is 0.462 e. The van der Waals surface area contributed by atoms with Gasteiger partial charge >= 0.3 is 12.1 Å². The van der Waals surface area contributed by atoms with Crippen LogP contribution in [0.1, 0.15) is 33.3 Å². The standard InChI is InChI=1S/C16H14F3N3O3/c1-2-25-15(24)12-9-20-22-8-7-21(14(23)13(12)22)11-5-3-10(4-6-11)16(17,18)19/h3-6,9H,2,7-8H2,1H3. The summed E-state index contributed by atoms with van der Waals surface area (Å²) in [4.78, 5) is 26.0. The molecule has 0 aliphatic carbocycles. The number of ether oxygens (including phenoxy) is 1. The van der Waals surface area contributed by atoms with Gasteiger partial charge in [0.25, 0.3) is 5.91 Å². The van der Waals surface area contributed by atoms with Gasteiger partial charge in [0.05, 0.1) is 24.9 Å². The first-order valence-electron chi connectivity index (χ1n) is 7.55. The van der Waals surface area contributed by atoms with Gasteiger partial charge in [-0.2, -0.15) is 18.3 Å². The molecular weight excluding hydrogens is 339 g/mol. The van der Waals surface area contributed by atoms with Crippen LogP contribution in [0.2, 0.25) is 0 Å². The third-order valence-corrected chi connectivity index (χ3v) is 3.82. The number of hydrogen-bond donors (Lipinski definition) is 0. The number of carbonyl (C=O) groups is 2. The van der Waals surface area contributed by atoms with Gasteiger partial charge in [-0.15, -0.1) is 0 Å². The van der Waals surface area contributed by atoms with Crippen molar-refractivity contribution in [2.24, 2.45) is 0 Å². The molecule has 1 amide bonds. The van der Waals surface area contributed by atoms with Crippen LogP contribution in [0.5, 0.6) is 0 Å². The monoisotopic (exact) mass is 353 g/mol. The number of anilines is 1. The summed E-state index contributed by atoms with van der Waals surface area (Å²) in [5, 5.41) is 4.00. The van der Waals surface area contributed by atoms with Crippen LogP contribution < -0.4 is 4.90 Å². The van der Waals surface area contributed by atoms with E-state index >= 15 is 0 Å². The molecule has 1 aliphatic rings. The lowest BCUT2D eigenvalue weighted by atomic mass is 10.1. The highest BCUT2D eigenvalue weighted by Gasteiger charge is 2.34. The molecule has 3 rings (SSSR count). The van der Waals surface area contributed by atoms with Crippen LogP contribution in [0.25, 0.3) is 0 Å². The molecule has 2 heterocycles. The lowest BCUT2D eigenvalue weighted by molar-refractivity contribution is -0.137. The minimum Gasteiger partial charge on any atom is -0.462 e. The molecule has 0 unspecified atom stereocenters. The Morgan fingerprint density at radius 3 is 2.52 bits per heavy atom. The summed E-state index contributed by atoms with van der Waals surface area (Å²) in [6.07, 6.45) is -3.18. The van der Waals surface area contributed by atoms with Crippen molar-refractivity contribution in [3.63, 3.8) is 0 Å². The maximum absolute atomic E-state index is 12.7. The zero-order valence-corrected chi connectivity index (χ0v) is 13.2. The molecule has 6 nitrogen and oxygen atoms in total. The molecular formula is C16H14F3N3O3. The van der Waals surface area contributed by atoms with Gasteiger partial charge in [-0.25, -0.2) is 4.79 Å². The maximum Gasteiger partial charge on any atom is 0.416 e. The topological polar surface area (TPSA) is 64.4 Å². The van der Waals surface area contributed by atoms with E-state index in [4.69, 9.17) is 4.74 Å². The summed E-state index contributed by atoms with van der Waals surface area (Å²) in [7, 11) is 0. The van der Waals surface area contributed by atoms with Gasteiger partial charge in [0.15, 0.2) is 0 Å². The molecule has 1 aromatic carbocycles. The minimum atomic E-state index is -4.44. The van der Waals surface area contributed by atoms with Gasteiger partial charge in [0, 0.05) is 12.2 Å². The van der Waals surface area contributed by atoms with Gasteiger partial charge in [-0.3, -0.25) is 9.48 Å². The van der Waals surface area contributed by atoms with Crippen LogP contribution in [0.3, 0.4) is 0 Å². The summed E-state index contributed by atoms with van der Waals surface area (Å²) >= 11 is 0. The fourth-order valence-electron chi connectivity index (χ4n) is 2.64. The number of alkyl halides is 3. The fraction of sp³-hybridized carbons (Fsp3) is 0.312. The van der Waals surface area contributed by atoms with Crippen LogP contribution in [0.4, 0.5) is 18.9 Å². The molecule has 0 bridgehead atoms. The van der Waals surface area contributed by atoms with Crippen molar-refractivity contribution >= 4 is 17.6 Å². The Morgan fingerprint density at radius 2 is 1.92 bits per heavy atom. The molecule has 25 heavy (non-hydrogen) atoms. The third kappa shape index (κ3) is 3.09. The molecule has 0 saturated heterocycles. The van der Waals surface area contributed by atoms with E-state index in [2.05, 4.69) is 5.10 Å². The van der Waals surface area contributed by atoms with Crippen molar-refractivity contribution < 1.29 is 27.5 Å². The molecule has 2 aromatic rings. The van der Waals surface area contributed by atoms with Crippen molar-refractivity contribution in [1.82, 2.24) is 9.78 Å². The summed E-state index contributed by atoms with van der Waals surface area (Å²) in [5.74, 6) is -1.17. The molecule has 0 fully saturated rings. The highest BCUT2D eigenvalue weighted by atomic mass is 19.4. The average molecular weight is 353 g/mol. The van der Waals surface area contributed by atoms with Gasteiger partial charge in [0.2, 0.25) is 0 Å². The number of fused-ring (bicyclic) bond motifs is 1. The van der Waals surface area contributed by atoms with E-state index in [1.54, 1.807) is 6.92 Å². The first-order chi connectivity index (χ1) is 11.8. The second-order valence-electron chi connectivity index (χ2n) is 5.35. The number of carbonyl (C=O) groups excluding carboxylic acids is 2. The van der Waals surface area contributed by atoms with E-state index in [1.807, 2.05) is 0 Å². The number of nitrogens with zero attached hydrogens (tertiary/aromatic N) is 3. The number of benzene rings is 1. The number of halogens is 3. The van der Waals surface area contributed by atoms with E-state index in [0.29, 0.717) is 12.2 Å². The Balaban J connectivity index is 1.91. The number of rotatable bonds is 3. The van der Waals surface area contributed by atoms with Crippen LogP contribution in [0, 0.1) is 0 Å². The molecule has 132 valence electrons. The zero-order valence-electron chi connectivity index (χ0n) is 13.2. The predicted octanol–water partition coefficient (Wildman–Crippen LogP) is 2.74. The van der Waals surface area contributed by atoms with Gasteiger partial charge < -0.3 is 9.64 Å². The van der Waals surface area contributed by atoms with E-state index in [-0.39, 0.29) is 24.4 Å². The molecule has 1 aromatic heterocycles. The van der Waals surface area contributed by atoms with Gasteiger partial charge in [-0.05, 0) is 31.2 Å². The first kappa shape index (κ1) is 17.0. The van der Waals surface area contributed by atoms with Crippen molar-refractivity contribution in [2.75, 3.05) is 18.1 Å². The Morgan fingerprint density at radius 1 is 1.24 bits per heavy atom.